The van der Waals surface area contributed by atoms with Crippen LogP contribution in [0.5, 0.6) is 0 Å². The van der Waals surface area contributed by atoms with Crippen molar-refractivity contribution >= 4 is 17.6 Å². The number of carboxylic acid groups (broad SMARTS) is 1. The Labute approximate surface area is 234 Å². The van der Waals surface area contributed by atoms with E-state index in [1.54, 1.807) is 6.07 Å². The van der Waals surface area contributed by atoms with Crippen molar-refractivity contribution < 1.29 is 23.1 Å². The van der Waals surface area contributed by atoms with Gasteiger partial charge in [0.05, 0.1) is 12.2 Å². The first-order chi connectivity index (χ1) is 19.3. The van der Waals surface area contributed by atoms with Gasteiger partial charge in [-0.3, -0.25) is 9.29 Å². The molecule has 40 heavy (non-hydrogen) atoms. The molecule has 0 aromatic heterocycles. The van der Waals surface area contributed by atoms with Gasteiger partial charge in [-0.2, -0.15) is 0 Å². The summed E-state index contributed by atoms with van der Waals surface area (Å²) in [5, 5.41) is 9.60. The first-order valence-corrected chi connectivity index (χ1v) is 14.9. The van der Waals surface area contributed by atoms with Crippen molar-refractivity contribution in [3.8, 4) is 0 Å². The maximum Gasteiger partial charge on any atom is 0.335 e. The smallest absolute Gasteiger partial charge is 0.335 e. The van der Waals surface area contributed by atoms with Crippen molar-refractivity contribution in [3.05, 3.63) is 81.4 Å². The van der Waals surface area contributed by atoms with Crippen LogP contribution in [0.15, 0.2) is 53.6 Å². The fourth-order valence-electron chi connectivity index (χ4n) is 7.33. The largest absolute Gasteiger partial charge is 0.478 e. The number of carboxylic acids is 1. The molecule has 3 fully saturated rings. The Bertz CT molecular complexity index is 1310. The highest BCUT2D eigenvalue weighted by molar-refractivity contribution is 5.91. The van der Waals surface area contributed by atoms with E-state index in [0.29, 0.717) is 42.6 Å². The molecule has 1 N–H and O–H groups in total. The number of rotatable bonds is 8. The third-order valence-corrected chi connectivity index (χ3v) is 9.52. The SMILES string of the molecule is O=C(O)c1ccc2c(c1)CCCC([C@@H]1C[C@H]1C1CCC(F)(F)CC1)=C2c1ccc(C=C2CN(CCCF)C2)cc1. The van der Waals surface area contributed by atoms with Crippen LogP contribution in [0.2, 0.25) is 0 Å². The molecule has 1 saturated heterocycles. The zero-order valence-electron chi connectivity index (χ0n) is 23.0. The number of carbonyl (C=O) groups is 1. The Morgan fingerprint density at radius 2 is 1.80 bits per heavy atom. The van der Waals surface area contributed by atoms with Crippen LogP contribution < -0.4 is 0 Å². The summed E-state index contributed by atoms with van der Waals surface area (Å²) in [6, 6.07) is 14.2. The minimum absolute atomic E-state index is 0.0121. The number of nitrogens with zero attached hydrogens (tertiary/aromatic N) is 1. The van der Waals surface area contributed by atoms with E-state index in [0.717, 1.165) is 67.6 Å². The molecule has 212 valence electrons. The Morgan fingerprint density at radius 3 is 2.50 bits per heavy atom. The maximum atomic E-state index is 13.8. The van der Waals surface area contributed by atoms with Gasteiger partial charge in [-0.25, -0.2) is 13.6 Å². The molecule has 6 rings (SSSR count). The predicted molar refractivity (Wildman–Crippen MR) is 152 cm³/mol. The summed E-state index contributed by atoms with van der Waals surface area (Å²) < 4.78 is 40.1. The summed E-state index contributed by atoms with van der Waals surface area (Å²) in [5.41, 5.74) is 8.80. The van der Waals surface area contributed by atoms with Crippen molar-refractivity contribution in [2.75, 3.05) is 26.3 Å². The van der Waals surface area contributed by atoms with Gasteiger partial charge in [0, 0.05) is 32.5 Å². The highest BCUT2D eigenvalue weighted by Crippen LogP contribution is 2.57. The molecular weight excluding hydrogens is 511 g/mol. The van der Waals surface area contributed by atoms with Crippen molar-refractivity contribution in [1.82, 2.24) is 4.90 Å². The number of aryl methyl sites for hydroxylation is 1. The fraction of sp³-hybridized carbons (Fsp3) is 0.500. The number of fused-ring (bicyclic) bond motifs is 1. The normalized spacial score (nSPS) is 24.7. The lowest BCUT2D eigenvalue weighted by Gasteiger charge is -2.33. The average molecular weight is 550 g/mol. The Morgan fingerprint density at radius 1 is 1.05 bits per heavy atom. The van der Waals surface area contributed by atoms with Crippen LogP contribution in [-0.2, 0) is 6.42 Å². The van der Waals surface area contributed by atoms with Crippen LogP contribution in [0, 0.1) is 17.8 Å². The molecule has 2 aromatic carbocycles. The summed E-state index contributed by atoms with van der Waals surface area (Å²) in [6.45, 7) is 2.32. The molecule has 2 aromatic rings. The van der Waals surface area contributed by atoms with Gasteiger partial charge in [0.2, 0.25) is 5.92 Å². The van der Waals surface area contributed by atoms with Crippen molar-refractivity contribution in [3.63, 3.8) is 0 Å². The summed E-state index contributed by atoms with van der Waals surface area (Å²) in [7, 11) is 0. The number of allylic oxidation sites excluding steroid dienone is 1. The van der Waals surface area contributed by atoms with E-state index in [9.17, 15) is 23.1 Å². The minimum atomic E-state index is -2.50. The first kappa shape index (κ1) is 27.3. The molecular formula is C34H38F3NO2. The van der Waals surface area contributed by atoms with Gasteiger partial charge < -0.3 is 5.11 Å². The quantitative estimate of drug-likeness (QED) is 0.362. The van der Waals surface area contributed by atoms with E-state index in [1.807, 2.05) is 12.1 Å². The second-order valence-electron chi connectivity index (χ2n) is 12.3. The van der Waals surface area contributed by atoms with E-state index in [4.69, 9.17) is 0 Å². The second kappa shape index (κ2) is 11.2. The third kappa shape index (κ3) is 5.79. The Kier molecular flexibility index (Phi) is 7.64. The fourth-order valence-corrected chi connectivity index (χ4v) is 7.33. The topological polar surface area (TPSA) is 40.5 Å². The molecule has 3 aliphatic carbocycles. The van der Waals surface area contributed by atoms with E-state index >= 15 is 0 Å². The Hall–Kier alpha value is -2.86. The minimum Gasteiger partial charge on any atom is -0.478 e. The van der Waals surface area contributed by atoms with Gasteiger partial charge in [-0.15, -0.1) is 0 Å². The van der Waals surface area contributed by atoms with E-state index < -0.39 is 11.9 Å². The Balaban J connectivity index is 1.29. The molecule has 0 bridgehead atoms. The van der Waals surface area contributed by atoms with Crippen molar-refractivity contribution in [1.29, 1.82) is 0 Å². The van der Waals surface area contributed by atoms with Gasteiger partial charge in [-0.1, -0.05) is 42.0 Å². The van der Waals surface area contributed by atoms with Gasteiger partial charge in [0.25, 0.3) is 0 Å². The zero-order valence-corrected chi connectivity index (χ0v) is 23.0. The molecule has 0 amide bonds. The van der Waals surface area contributed by atoms with Gasteiger partial charge >= 0.3 is 5.97 Å². The lowest BCUT2D eigenvalue weighted by molar-refractivity contribution is -0.0483. The number of hydrogen-bond acceptors (Lipinski definition) is 2. The van der Waals surface area contributed by atoms with E-state index in [-0.39, 0.29) is 19.5 Å². The van der Waals surface area contributed by atoms with Crippen molar-refractivity contribution in [2.45, 2.75) is 63.7 Å². The van der Waals surface area contributed by atoms with E-state index in [2.05, 4.69) is 35.2 Å². The first-order valence-electron chi connectivity index (χ1n) is 14.9. The summed E-state index contributed by atoms with van der Waals surface area (Å²) >= 11 is 0. The number of likely N-dealkylation sites (tertiary alicyclic amines) is 1. The van der Waals surface area contributed by atoms with Crippen LogP contribution in [0.1, 0.15) is 84.0 Å². The average Bonchev–Trinajstić information content (AvgIpc) is 3.72. The zero-order chi connectivity index (χ0) is 27.9. The second-order valence-corrected chi connectivity index (χ2v) is 12.3. The number of benzene rings is 2. The van der Waals surface area contributed by atoms with Crippen LogP contribution in [0.25, 0.3) is 11.6 Å². The predicted octanol–water partition coefficient (Wildman–Crippen LogP) is 8.04. The monoisotopic (exact) mass is 549 g/mol. The lowest BCUT2D eigenvalue weighted by atomic mass is 9.81. The number of alkyl halides is 3. The number of hydrogen-bond donors (Lipinski definition) is 1. The van der Waals surface area contributed by atoms with Crippen molar-refractivity contribution in [2.24, 2.45) is 17.8 Å². The third-order valence-electron chi connectivity index (χ3n) is 9.52. The standard InChI is InChI=1S/C34H38F3NO2/c35-15-2-16-38-20-23(21-38)17-22-5-7-25(8-6-22)32-28-10-9-27(33(39)40)18-26(28)3-1-4-29(32)31-19-30(31)24-11-13-34(36,37)14-12-24/h5-10,17-18,24,30-31H,1-4,11-16,19-21H2,(H,39,40)/t30-,31-/m0/s1. The molecule has 4 aliphatic rings. The van der Waals surface area contributed by atoms with Crippen LogP contribution in [0.3, 0.4) is 0 Å². The van der Waals surface area contributed by atoms with Gasteiger partial charge in [0.15, 0.2) is 0 Å². The molecule has 2 saturated carbocycles. The molecule has 0 radical (unpaired) electrons. The van der Waals surface area contributed by atoms with Crippen LogP contribution >= 0.6 is 0 Å². The number of halogens is 3. The molecule has 3 nitrogen and oxygen atoms in total. The van der Waals surface area contributed by atoms with Gasteiger partial charge in [-0.05, 0) is 108 Å². The summed E-state index contributed by atoms with van der Waals surface area (Å²) in [4.78, 5) is 14.0. The highest BCUT2D eigenvalue weighted by atomic mass is 19.3. The molecule has 1 aliphatic heterocycles. The molecule has 0 unspecified atom stereocenters. The molecule has 2 atom stereocenters. The van der Waals surface area contributed by atoms with Crippen LogP contribution in [0.4, 0.5) is 13.2 Å². The molecule has 1 heterocycles. The molecule has 6 heteroatoms. The summed E-state index contributed by atoms with van der Waals surface area (Å²) in [5.74, 6) is -2.15. The van der Waals surface area contributed by atoms with Crippen LogP contribution in [-0.4, -0.2) is 48.2 Å². The lowest BCUT2D eigenvalue weighted by Crippen LogP contribution is -2.40. The van der Waals surface area contributed by atoms with E-state index in [1.165, 1.54) is 16.7 Å². The number of aromatic carboxylic acids is 1. The summed E-state index contributed by atoms with van der Waals surface area (Å²) in [6.07, 6.45) is 7.89. The highest BCUT2D eigenvalue weighted by Gasteiger charge is 2.48. The maximum absolute atomic E-state index is 13.8. The molecule has 0 spiro atoms. The van der Waals surface area contributed by atoms with Gasteiger partial charge in [0.1, 0.15) is 0 Å².